The van der Waals surface area contributed by atoms with Crippen LogP contribution in [-0.2, 0) is 11.3 Å². The highest BCUT2D eigenvalue weighted by Crippen LogP contribution is 2.31. The van der Waals surface area contributed by atoms with Crippen molar-refractivity contribution >= 4 is 29.9 Å². The van der Waals surface area contributed by atoms with Gasteiger partial charge in [-0.2, -0.15) is 0 Å². The first-order valence-electron chi connectivity index (χ1n) is 9.67. The van der Waals surface area contributed by atoms with Crippen LogP contribution in [0.4, 0.5) is 0 Å². The molecular formula is C20H34IN3O4. The van der Waals surface area contributed by atoms with Crippen LogP contribution in [0.3, 0.4) is 0 Å². The molecule has 160 valence electrons. The summed E-state index contributed by atoms with van der Waals surface area (Å²) in [6.07, 6.45) is 1.69. The van der Waals surface area contributed by atoms with E-state index in [1.165, 1.54) is 0 Å². The van der Waals surface area contributed by atoms with E-state index in [4.69, 9.17) is 14.2 Å². The molecule has 0 aromatic heterocycles. The predicted octanol–water partition coefficient (Wildman–Crippen LogP) is 2.56. The summed E-state index contributed by atoms with van der Waals surface area (Å²) in [5.41, 5.74) is 1.03. The summed E-state index contributed by atoms with van der Waals surface area (Å²) < 4.78 is 16.5. The van der Waals surface area contributed by atoms with Crippen molar-refractivity contribution in [2.24, 2.45) is 10.4 Å². The Morgan fingerprint density at radius 1 is 1.29 bits per heavy atom. The summed E-state index contributed by atoms with van der Waals surface area (Å²) in [6, 6.07) is 5.86. The number of guanidine groups is 1. The maximum Gasteiger partial charge on any atom is 0.191 e. The van der Waals surface area contributed by atoms with Crippen LogP contribution in [0.1, 0.15) is 32.3 Å². The molecule has 0 saturated carbocycles. The fourth-order valence-corrected chi connectivity index (χ4v) is 3.18. The second-order valence-corrected chi connectivity index (χ2v) is 6.74. The van der Waals surface area contributed by atoms with E-state index >= 15 is 0 Å². The Morgan fingerprint density at radius 3 is 2.71 bits per heavy atom. The summed E-state index contributed by atoms with van der Waals surface area (Å²) in [4.78, 5) is 4.69. The zero-order valence-corrected chi connectivity index (χ0v) is 19.5. The molecule has 7 nitrogen and oxygen atoms in total. The van der Waals surface area contributed by atoms with Crippen molar-refractivity contribution in [2.45, 2.75) is 33.2 Å². The average molecular weight is 507 g/mol. The van der Waals surface area contributed by atoms with Gasteiger partial charge in [-0.15, -0.1) is 24.0 Å². The molecule has 1 aromatic rings. The van der Waals surface area contributed by atoms with E-state index in [1.807, 2.05) is 32.0 Å². The van der Waals surface area contributed by atoms with Gasteiger partial charge in [-0.3, -0.25) is 0 Å². The molecule has 1 saturated heterocycles. The van der Waals surface area contributed by atoms with Crippen LogP contribution in [-0.4, -0.2) is 57.7 Å². The summed E-state index contributed by atoms with van der Waals surface area (Å²) >= 11 is 0. The number of aliphatic hydroxyl groups is 1. The Labute approximate surface area is 185 Å². The Bertz CT molecular complexity index is 607. The third-order valence-electron chi connectivity index (χ3n) is 4.75. The van der Waals surface area contributed by atoms with Crippen molar-refractivity contribution in [3.8, 4) is 11.5 Å². The van der Waals surface area contributed by atoms with E-state index in [1.54, 1.807) is 7.11 Å². The van der Waals surface area contributed by atoms with Crippen LogP contribution in [0.15, 0.2) is 23.2 Å². The first-order chi connectivity index (χ1) is 13.2. The van der Waals surface area contributed by atoms with Gasteiger partial charge in [-0.1, -0.05) is 6.07 Å². The van der Waals surface area contributed by atoms with Crippen LogP contribution in [0.2, 0.25) is 0 Å². The first-order valence-corrected chi connectivity index (χ1v) is 9.67. The monoisotopic (exact) mass is 507 g/mol. The predicted molar refractivity (Wildman–Crippen MR) is 122 cm³/mol. The van der Waals surface area contributed by atoms with Gasteiger partial charge in [0.25, 0.3) is 0 Å². The summed E-state index contributed by atoms with van der Waals surface area (Å²) in [7, 11) is 1.64. The standard InChI is InChI=1S/C20H33N3O4.HI/c1-4-21-19(23-14-20(8-10-24)9-11-26-15-20)22-13-16-6-7-17(25-3)18(12-16)27-5-2;/h6-7,12,24H,4-5,8-11,13-15H2,1-3H3,(H2,21,22,23);1H. The van der Waals surface area contributed by atoms with E-state index in [0.717, 1.165) is 55.6 Å². The number of hydrogen-bond donors (Lipinski definition) is 3. The van der Waals surface area contributed by atoms with E-state index in [2.05, 4.69) is 15.6 Å². The number of methoxy groups -OCH3 is 1. The summed E-state index contributed by atoms with van der Waals surface area (Å²) in [6.45, 7) is 8.22. The Morgan fingerprint density at radius 2 is 2.11 bits per heavy atom. The molecule has 1 aromatic carbocycles. The number of aliphatic hydroxyl groups excluding tert-OH is 1. The lowest BCUT2D eigenvalue weighted by atomic mass is 9.84. The fourth-order valence-electron chi connectivity index (χ4n) is 3.18. The number of nitrogens with zero attached hydrogens (tertiary/aromatic N) is 1. The molecular weight excluding hydrogens is 473 g/mol. The van der Waals surface area contributed by atoms with Gasteiger partial charge >= 0.3 is 0 Å². The van der Waals surface area contributed by atoms with Gasteiger partial charge in [0, 0.05) is 31.7 Å². The van der Waals surface area contributed by atoms with Gasteiger partial charge in [0.15, 0.2) is 17.5 Å². The molecule has 0 bridgehead atoms. The van der Waals surface area contributed by atoms with Crippen molar-refractivity contribution in [3.05, 3.63) is 23.8 Å². The van der Waals surface area contributed by atoms with Crippen molar-refractivity contribution in [3.63, 3.8) is 0 Å². The minimum absolute atomic E-state index is 0. The SMILES string of the molecule is CCNC(=NCc1ccc(OC)c(OCC)c1)NCC1(CCO)CCOC1.I. The third kappa shape index (κ3) is 7.29. The molecule has 28 heavy (non-hydrogen) atoms. The molecule has 1 unspecified atom stereocenters. The minimum atomic E-state index is -0.0206. The van der Waals surface area contributed by atoms with Crippen molar-refractivity contribution in [1.29, 1.82) is 0 Å². The van der Waals surface area contributed by atoms with E-state index in [-0.39, 0.29) is 36.0 Å². The van der Waals surface area contributed by atoms with Gasteiger partial charge in [-0.25, -0.2) is 4.99 Å². The van der Waals surface area contributed by atoms with Crippen LogP contribution in [0.25, 0.3) is 0 Å². The molecule has 2 rings (SSSR count). The molecule has 0 amide bonds. The number of aliphatic imine (C=N–C) groups is 1. The van der Waals surface area contributed by atoms with Crippen LogP contribution >= 0.6 is 24.0 Å². The fraction of sp³-hybridized carbons (Fsp3) is 0.650. The second kappa shape index (κ2) is 13.1. The van der Waals surface area contributed by atoms with Gasteiger partial charge < -0.3 is 30.0 Å². The average Bonchev–Trinajstić information content (AvgIpc) is 3.13. The Kier molecular flexibility index (Phi) is 11.6. The largest absolute Gasteiger partial charge is 0.493 e. The molecule has 0 spiro atoms. The molecule has 1 heterocycles. The molecule has 0 radical (unpaired) electrons. The van der Waals surface area contributed by atoms with Crippen molar-refractivity contribution in [2.75, 3.05) is 46.6 Å². The minimum Gasteiger partial charge on any atom is -0.493 e. The van der Waals surface area contributed by atoms with Gasteiger partial charge in [0.2, 0.25) is 0 Å². The van der Waals surface area contributed by atoms with Gasteiger partial charge in [0.1, 0.15) is 0 Å². The zero-order valence-electron chi connectivity index (χ0n) is 17.1. The second-order valence-electron chi connectivity index (χ2n) is 6.74. The molecule has 1 atom stereocenters. The zero-order chi connectivity index (χ0) is 19.5. The molecule has 0 aliphatic carbocycles. The Hall–Kier alpha value is -1.26. The normalized spacial score (nSPS) is 19.1. The number of rotatable bonds is 10. The van der Waals surface area contributed by atoms with E-state index < -0.39 is 0 Å². The lowest BCUT2D eigenvalue weighted by molar-refractivity contribution is 0.127. The molecule has 1 aliphatic rings. The first kappa shape index (κ1) is 24.8. The number of ether oxygens (including phenoxy) is 3. The summed E-state index contributed by atoms with van der Waals surface area (Å²) in [5, 5.41) is 16.1. The highest BCUT2D eigenvalue weighted by Gasteiger charge is 2.34. The van der Waals surface area contributed by atoms with Gasteiger partial charge in [-0.05, 0) is 44.4 Å². The highest BCUT2D eigenvalue weighted by molar-refractivity contribution is 14.0. The molecule has 8 heteroatoms. The van der Waals surface area contributed by atoms with Crippen LogP contribution < -0.4 is 20.1 Å². The lowest BCUT2D eigenvalue weighted by Crippen LogP contribution is -2.44. The van der Waals surface area contributed by atoms with Crippen molar-refractivity contribution < 1.29 is 19.3 Å². The summed E-state index contributed by atoms with van der Waals surface area (Å²) in [5.74, 6) is 2.22. The number of halogens is 1. The van der Waals surface area contributed by atoms with E-state index in [9.17, 15) is 5.11 Å². The topological polar surface area (TPSA) is 84.3 Å². The lowest BCUT2D eigenvalue weighted by Gasteiger charge is -2.27. The number of nitrogens with one attached hydrogen (secondary N) is 2. The number of benzene rings is 1. The third-order valence-corrected chi connectivity index (χ3v) is 4.75. The van der Waals surface area contributed by atoms with Crippen LogP contribution in [0, 0.1) is 5.41 Å². The van der Waals surface area contributed by atoms with Crippen LogP contribution in [0.5, 0.6) is 11.5 Å². The molecule has 3 N–H and O–H groups in total. The van der Waals surface area contributed by atoms with E-state index in [0.29, 0.717) is 19.8 Å². The maximum absolute atomic E-state index is 9.37. The highest BCUT2D eigenvalue weighted by atomic mass is 127. The smallest absolute Gasteiger partial charge is 0.191 e. The van der Waals surface area contributed by atoms with Gasteiger partial charge in [0.05, 0.1) is 26.9 Å². The molecule has 1 aliphatic heterocycles. The Balaban J connectivity index is 0.00000392. The van der Waals surface area contributed by atoms with Crippen molar-refractivity contribution in [1.82, 2.24) is 10.6 Å². The number of hydrogen-bond acceptors (Lipinski definition) is 5. The quantitative estimate of drug-likeness (QED) is 0.257. The maximum atomic E-state index is 9.37. The molecule has 1 fully saturated rings.